The molecule has 0 radical (unpaired) electrons. The van der Waals surface area contributed by atoms with E-state index in [1.807, 2.05) is 0 Å². The summed E-state index contributed by atoms with van der Waals surface area (Å²) >= 11 is 0. The number of nitrogens with one attached hydrogen (secondary N) is 1. The molecule has 0 spiro atoms. The van der Waals surface area contributed by atoms with Crippen molar-refractivity contribution in [2.45, 2.75) is 13.0 Å². The van der Waals surface area contributed by atoms with Gasteiger partial charge in [0.2, 0.25) is 0 Å². The van der Waals surface area contributed by atoms with Crippen LogP contribution in [0.5, 0.6) is 0 Å². The van der Waals surface area contributed by atoms with Gasteiger partial charge in [-0.2, -0.15) is 0 Å². The SMILES string of the molecule is COC(=O)c1ccc(NC(C)c2c(F)cccc2F)cc1. The molecule has 0 amide bonds. The maximum atomic E-state index is 13.7. The molecule has 2 aromatic rings. The lowest BCUT2D eigenvalue weighted by atomic mass is 10.1. The predicted octanol–water partition coefficient (Wildman–Crippen LogP) is 3.92. The van der Waals surface area contributed by atoms with Gasteiger partial charge in [0.05, 0.1) is 18.7 Å². The van der Waals surface area contributed by atoms with E-state index >= 15 is 0 Å². The van der Waals surface area contributed by atoms with Crippen molar-refractivity contribution >= 4 is 11.7 Å². The van der Waals surface area contributed by atoms with E-state index in [-0.39, 0.29) is 5.56 Å². The Morgan fingerprint density at radius 1 is 1.10 bits per heavy atom. The van der Waals surface area contributed by atoms with Crippen LogP contribution in [0.4, 0.5) is 14.5 Å². The first-order valence-corrected chi connectivity index (χ1v) is 6.41. The summed E-state index contributed by atoms with van der Waals surface area (Å²) in [5.74, 6) is -1.63. The van der Waals surface area contributed by atoms with E-state index in [0.717, 1.165) is 0 Å². The molecule has 1 unspecified atom stereocenters. The van der Waals surface area contributed by atoms with Gasteiger partial charge in [0.15, 0.2) is 0 Å². The molecule has 5 heteroatoms. The molecule has 1 N–H and O–H groups in total. The van der Waals surface area contributed by atoms with Gasteiger partial charge in [-0.3, -0.25) is 0 Å². The van der Waals surface area contributed by atoms with E-state index in [0.29, 0.717) is 11.3 Å². The zero-order valence-electron chi connectivity index (χ0n) is 11.7. The molecule has 0 saturated carbocycles. The Kier molecular flexibility index (Phi) is 4.52. The molecule has 1 atom stereocenters. The van der Waals surface area contributed by atoms with Crippen LogP contribution in [0.15, 0.2) is 42.5 Å². The van der Waals surface area contributed by atoms with E-state index in [1.54, 1.807) is 31.2 Å². The van der Waals surface area contributed by atoms with Crippen LogP contribution in [0.1, 0.15) is 28.9 Å². The molecule has 0 aromatic heterocycles. The minimum Gasteiger partial charge on any atom is -0.465 e. The van der Waals surface area contributed by atoms with Crippen LogP contribution in [0.25, 0.3) is 0 Å². The summed E-state index contributed by atoms with van der Waals surface area (Å²) in [4.78, 5) is 11.3. The largest absolute Gasteiger partial charge is 0.465 e. The lowest BCUT2D eigenvalue weighted by molar-refractivity contribution is 0.0601. The highest BCUT2D eigenvalue weighted by atomic mass is 19.1. The first-order chi connectivity index (χ1) is 10.0. The summed E-state index contributed by atoms with van der Waals surface area (Å²) < 4.78 is 32.0. The van der Waals surface area contributed by atoms with Gasteiger partial charge >= 0.3 is 5.97 Å². The van der Waals surface area contributed by atoms with Crippen LogP contribution in [-0.2, 0) is 4.74 Å². The van der Waals surface area contributed by atoms with Gasteiger partial charge in [0.1, 0.15) is 11.6 Å². The first-order valence-electron chi connectivity index (χ1n) is 6.41. The second-order valence-corrected chi connectivity index (χ2v) is 4.57. The quantitative estimate of drug-likeness (QED) is 0.868. The molecule has 2 aromatic carbocycles. The molecule has 0 aliphatic carbocycles. The fourth-order valence-electron chi connectivity index (χ4n) is 2.07. The second-order valence-electron chi connectivity index (χ2n) is 4.57. The monoisotopic (exact) mass is 291 g/mol. The average molecular weight is 291 g/mol. The first kappa shape index (κ1) is 15.0. The van der Waals surface area contributed by atoms with Crippen LogP contribution in [0.3, 0.4) is 0 Å². The lowest BCUT2D eigenvalue weighted by Gasteiger charge is -2.17. The molecule has 21 heavy (non-hydrogen) atoms. The van der Waals surface area contributed by atoms with Crippen LogP contribution >= 0.6 is 0 Å². The van der Waals surface area contributed by atoms with Gasteiger partial charge in [-0.15, -0.1) is 0 Å². The number of carbonyl (C=O) groups excluding carboxylic acids is 1. The molecule has 0 bridgehead atoms. The molecule has 0 aliphatic rings. The Morgan fingerprint density at radius 2 is 1.67 bits per heavy atom. The van der Waals surface area contributed by atoms with Crippen molar-refractivity contribution in [2.75, 3.05) is 12.4 Å². The molecule has 2 rings (SSSR count). The van der Waals surface area contributed by atoms with E-state index < -0.39 is 23.6 Å². The van der Waals surface area contributed by atoms with E-state index in [4.69, 9.17) is 0 Å². The highest BCUT2D eigenvalue weighted by molar-refractivity contribution is 5.89. The third-order valence-corrected chi connectivity index (χ3v) is 3.12. The molecular weight excluding hydrogens is 276 g/mol. The molecule has 3 nitrogen and oxygen atoms in total. The van der Waals surface area contributed by atoms with Crippen LogP contribution < -0.4 is 5.32 Å². The number of halogens is 2. The van der Waals surface area contributed by atoms with Crippen molar-refractivity contribution in [2.24, 2.45) is 0 Å². The summed E-state index contributed by atoms with van der Waals surface area (Å²) in [7, 11) is 1.30. The van der Waals surface area contributed by atoms with Gasteiger partial charge in [-0.25, -0.2) is 13.6 Å². The fraction of sp³-hybridized carbons (Fsp3) is 0.188. The Hall–Kier alpha value is -2.43. The highest BCUT2D eigenvalue weighted by Crippen LogP contribution is 2.24. The van der Waals surface area contributed by atoms with Crippen LogP contribution in [0, 0.1) is 11.6 Å². The number of hydrogen-bond donors (Lipinski definition) is 1. The smallest absolute Gasteiger partial charge is 0.337 e. The summed E-state index contributed by atoms with van der Waals surface area (Å²) in [5.41, 5.74) is 1.04. The molecule has 0 aliphatic heterocycles. The predicted molar refractivity (Wildman–Crippen MR) is 76.2 cm³/mol. The number of ether oxygens (including phenoxy) is 1. The summed E-state index contributed by atoms with van der Waals surface area (Å²) in [6, 6.07) is 9.69. The fourth-order valence-corrected chi connectivity index (χ4v) is 2.07. The molecular formula is C16H15F2NO2. The van der Waals surface area contributed by atoms with Gasteiger partial charge < -0.3 is 10.1 Å². The average Bonchev–Trinajstić information content (AvgIpc) is 2.47. The van der Waals surface area contributed by atoms with Gasteiger partial charge in [0.25, 0.3) is 0 Å². The van der Waals surface area contributed by atoms with Crippen molar-refractivity contribution < 1.29 is 18.3 Å². The van der Waals surface area contributed by atoms with Crippen LogP contribution in [-0.4, -0.2) is 13.1 Å². The molecule has 0 saturated heterocycles. The molecule has 0 fully saturated rings. The van der Waals surface area contributed by atoms with Crippen molar-refractivity contribution in [3.8, 4) is 0 Å². The van der Waals surface area contributed by atoms with Crippen molar-refractivity contribution in [1.29, 1.82) is 0 Å². The molecule has 110 valence electrons. The van der Waals surface area contributed by atoms with Crippen molar-refractivity contribution in [3.05, 3.63) is 65.2 Å². The van der Waals surface area contributed by atoms with Crippen LogP contribution in [0.2, 0.25) is 0 Å². The topological polar surface area (TPSA) is 38.3 Å². The Balaban J connectivity index is 2.16. The zero-order valence-corrected chi connectivity index (χ0v) is 11.7. The number of benzene rings is 2. The highest BCUT2D eigenvalue weighted by Gasteiger charge is 2.15. The van der Waals surface area contributed by atoms with E-state index in [2.05, 4.69) is 10.1 Å². The Bertz CT molecular complexity index is 621. The van der Waals surface area contributed by atoms with Crippen molar-refractivity contribution in [1.82, 2.24) is 0 Å². The number of rotatable bonds is 4. The lowest BCUT2D eigenvalue weighted by Crippen LogP contribution is -2.11. The Morgan fingerprint density at radius 3 is 2.19 bits per heavy atom. The Labute approximate surface area is 121 Å². The number of hydrogen-bond acceptors (Lipinski definition) is 3. The number of carbonyl (C=O) groups is 1. The second kappa shape index (κ2) is 6.35. The van der Waals surface area contributed by atoms with Gasteiger partial charge in [-0.05, 0) is 43.3 Å². The normalized spacial score (nSPS) is 11.8. The summed E-state index contributed by atoms with van der Waals surface area (Å²) in [6.45, 7) is 1.66. The number of esters is 1. The summed E-state index contributed by atoms with van der Waals surface area (Å²) in [6.07, 6.45) is 0. The minimum absolute atomic E-state index is 0.0189. The summed E-state index contributed by atoms with van der Waals surface area (Å²) in [5, 5.41) is 2.99. The van der Waals surface area contributed by atoms with Crippen molar-refractivity contribution in [3.63, 3.8) is 0 Å². The number of methoxy groups -OCH3 is 1. The van der Waals surface area contributed by atoms with E-state index in [9.17, 15) is 13.6 Å². The zero-order chi connectivity index (χ0) is 15.4. The standard InChI is InChI=1S/C16H15F2NO2/c1-10(15-13(17)4-3-5-14(15)18)19-12-8-6-11(7-9-12)16(20)21-2/h3-10,19H,1-2H3. The maximum absolute atomic E-state index is 13.7. The maximum Gasteiger partial charge on any atom is 0.337 e. The van der Waals surface area contributed by atoms with Gasteiger partial charge in [-0.1, -0.05) is 6.07 Å². The number of anilines is 1. The van der Waals surface area contributed by atoms with E-state index in [1.165, 1.54) is 25.3 Å². The third kappa shape index (κ3) is 3.37. The van der Waals surface area contributed by atoms with Gasteiger partial charge in [0, 0.05) is 11.3 Å². The minimum atomic E-state index is -0.596. The third-order valence-electron chi connectivity index (χ3n) is 3.12. The molecule has 0 heterocycles.